The zero-order chi connectivity index (χ0) is 30.5. The Morgan fingerprint density at radius 3 is 2.26 bits per heavy atom. The number of aromatic nitrogens is 1. The van der Waals surface area contributed by atoms with Crippen LogP contribution < -0.4 is 10.4 Å². The standard InChI is InChI=1S/C36H51NO5/c1-7-28-17-16-27(4)24-29(28)30-25-31-32(42-34(30)38)19-21-37-33(31)40-22-14-12-10-8-9-11-13-15-23-41-35(39)36(5,6)20-18-26(2)3/h16-17,19,21,24-26H,7-15,18,20,22-23H2,1-6H3. The fourth-order valence-corrected chi connectivity index (χ4v) is 5.11. The molecular weight excluding hydrogens is 526 g/mol. The number of pyridine rings is 1. The average molecular weight is 578 g/mol. The summed E-state index contributed by atoms with van der Waals surface area (Å²) in [5, 5.41) is 0.723. The summed E-state index contributed by atoms with van der Waals surface area (Å²) < 4.78 is 17.3. The summed E-state index contributed by atoms with van der Waals surface area (Å²) in [6, 6.07) is 9.76. The van der Waals surface area contributed by atoms with Crippen LogP contribution in [-0.4, -0.2) is 24.2 Å². The maximum Gasteiger partial charge on any atom is 0.344 e. The van der Waals surface area contributed by atoms with Crippen molar-refractivity contribution in [3.8, 4) is 17.0 Å². The second-order valence-electron chi connectivity index (χ2n) is 12.6. The lowest BCUT2D eigenvalue weighted by Gasteiger charge is -2.23. The lowest BCUT2D eigenvalue weighted by molar-refractivity contribution is -0.154. The molecule has 0 fully saturated rings. The Labute approximate surface area is 252 Å². The van der Waals surface area contributed by atoms with Crippen LogP contribution in [0.4, 0.5) is 0 Å². The van der Waals surface area contributed by atoms with Crippen LogP contribution in [0, 0.1) is 18.3 Å². The number of rotatable bonds is 18. The summed E-state index contributed by atoms with van der Waals surface area (Å²) in [5.41, 5.74) is 3.41. The number of esters is 1. The van der Waals surface area contributed by atoms with Crippen molar-refractivity contribution >= 4 is 16.9 Å². The Bertz CT molecular complexity index is 1340. The van der Waals surface area contributed by atoms with Crippen molar-refractivity contribution in [2.75, 3.05) is 13.2 Å². The summed E-state index contributed by atoms with van der Waals surface area (Å²) >= 11 is 0. The SMILES string of the molecule is CCc1ccc(C)cc1-c1cc2c(OCCCCCCCCCCOC(=O)C(C)(C)CCC(C)C)nccc2oc1=O. The number of aryl methyl sites for hydroxylation is 2. The van der Waals surface area contributed by atoms with Crippen molar-refractivity contribution in [2.24, 2.45) is 11.3 Å². The Balaban J connectivity index is 1.36. The number of unbranched alkanes of at least 4 members (excludes halogenated alkanes) is 7. The summed E-state index contributed by atoms with van der Waals surface area (Å²) in [4.78, 5) is 29.6. The smallest absolute Gasteiger partial charge is 0.344 e. The normalized spacial score (nSPS) is 11.8. The Morgan fingerprint density at radius 1 is 0.929 bits per heavy atom. The van der Waals surface area contributed by atoms with E-state index < -0.39 is 5.41 Å². The van der Waals surface area contributed by atoms with Crippen molar-refractivity contribution < 1.29 is 18.7 Å². The fraction of sp³-hybridized carbons (Fsp3) is 0.583. The van der Waals surface area contributed by atoms with Gasteiger partial charge in [0, 0.05) is 12.3 Å². The Morgan fingerprint density at radius 2 is 1.60 bits per heavy atom. The molecule has 0 unspecified atom stereocenters. The number of nitrogens with zero attached hydrogens (tertiary/aromatic N) is 1. The molecular formula is C36H51NO5. The van der Waals surface area contributed by atoms with E-state index in [0.29, 0.717) is 36.2 Å². The molecule has 0 bridgehead atoms. The highest BCUT2D eigenvalue weighted by Gasteiger charge is 2.29. The van der Waals surface area contributed by atoms with Gasteiger partial charge in [0.2, 0.25) is 5.88 Å². The molecule has 1 aromatic carbocycles. The van der Waals surface area contributed by atoms with Gasteiger partial charge in [0.15, 0.2) is 0 Å². The third-order valence-corrected chi connectivity index (χ3v) is 7.97. The van der Waals surface area contributed by atoms with E-state index in [4.69, 9.17) is 13.9 Å². The Kier molecular flexibility index (Phi) is 13.1. The van der Waals surface area contributed by atoms with E-state index in [9.17, 15) is 9.59 Å². The van der Waals surface area contributed by atoms with Crippen molar-refractivity contribution in [3.05, 3.63) is 58.1 Å². The molecule has 0 aliphatic rings. The van der Waals surface area contributed by atoms with Gasteiger partial charge >= 0.3 is 11.6 Å². The van der Waals surface area contributed by atoms with E-state index in [2.05, 4.69) is 37.9 Å². The molecule has 0 spiro atoms. The van der Waals surface area contributed by atoms with Crippen LogP contribution in [0.2, 0.25) is 0 Å². The Hall–Kier alpha value is -3.15. The zero-order valence-electron chi connectivity index (χ0n) is 26.7. The van der Waals surface area contributed by atoms with Crippen molar-refractivity contribution in [3.63, 3.8) is 0 Å². The first kappa shape index (κ1) is 33.4. The second-order valence-corrected chi connectivity index (χ2v) is 12.6. The van der Waals surface area contributed by atoms with Gasteiger partial charge in [0.1, 0.15) is 5.58 Å². The number of hydrogen-bond acceptors (Lipinski definition) is 6. The first-order chi connectivity index (χ1) is 20.1. The maximum absolute atomic E-state index is 12.8. The minimum Gasteiger partial charge on any atom is -0.477 e. The van der Waals surface area contributed by atoms with Crippen molar-refractivity contribution in [1.29, 1.82) is 0 Å². The summed E-state index contributed by atoms with van der Waals surface area (Å²) in [7, 11) is 0. The lowest BCUT2D eigenvalue weighted by atomic mass is 9.85. The molecule has 0 N–H and O–H groups in total. The molecule has 0 saturated heterocycles. The van der Waals surface area contributed by atoms with Gasteiger partial charge in [-0.15, -0.1) is 0 Å². The molecule has 6 heteroatoms. The molecule has 0 amide bonds. The summed E-state index contributed by atoms with van der Waals surface area (Å²) in [6.07, 6.45) is 13.2. The summed E-state index contributed by atoms with van der Waals surface area (Å²) in [6.45, 7) is 13.6. The molecule has 2 heterocycles. The van der Waals surface area contributed by atoms with Gasteiger partial charge < -0.3 is 13.9 Å². The van der Waals surface area contributed by atoms with E-state index in [1.807, 2.05) is 32.9 Å². The van der Waals surface area contributed by atoms with E-state index in [1.165, 1.54) is 19.3 Å². The quantitative estimate of drug-likeness (QED) is 0.111. The fourth-order valence-electron chi connectivity index (χ4n) is 5.11. The topological polar surface area (TPSA) is 78.6 Å². The van der Waals surface area contributed by atoms with Gasteiger partial charge in [0.05, 0.1) is 29.6 Å². The predicted octanol–water partition coefficient (Wildman–Crippen LogP) is 9.23. The highest BCUT2D eigenvalue weighted by Crippen LogP contribution is 2.30. The van der Waals surface area contributed by atoms with Gasteiger partial charge in [-0.3, -0.25) is 4.79 Å². The number of carbonyl (C=O) groups excluding carboxylic acids is 1. The highest BCUT2D eigenvalue weighted by atomic mass is 16.5. The molecule has 0 radical (unpaired) electrons. The first-order valence-corrected chi connectivity index (χ1v) is 15.9. The number of carbonyl (C=O) groups is 1. The van der Waals surface area contributed by atoms with Crippen LogP contribution in [0.15, 0.2) is 45.7 Å². The molecule has 6 nitrogen and oxygen atoms in total. The van der Waals surface area contributed by atoms with Crippen LogP contribution >= 0.6 is 0 Å². The van der Waals surface area contributed by atoms with Crippen LogP contribution in [-0.2, 0) is 16.0 Å². The van der Waals surface area contributed by atoms with E-state index in [1.54, 1.807) is 12.3 Å². The number of ether oxygens (including phenoxy) is 2. The van der Waals surface area contributed by atoms with Gasteiger partial charge in [0.25, 0.3) is 0 Å². The molecule has 0 aliphatic carbocycles. The minimum absolute atomic E-state index is 0.0639. The third-order valence-electron chi connectivity index (χ3n) is 7.97. The molecule has 3 rings (SSSR count). The molecule has 2 aromatic heterocycles. The number of benzene rings is 1. The molecule has 0 saturated carbocycles. The molecule has 42 heavy (non-hydrogen) atoms. The monoisotopic (exact) mass is 577 g/mol. The number of fused-ring (bicyclic) bond motifs is 1. The van der Waals surface area contributed by atoms with Crippen molar-refractivity contribution in [1.82, 2.24) is 4.98 Å². The second kappa shape index (κ2) is 16.5. The van der Waals surface area contributed by atoms with E-state index in [0.717, 1.165) is 73.4 Å². The van der Waals surface area contributed by atoms with Gasteiger partial charge in [-0.2, -0.15) is 0 Å². The van der Waals surface area contributed by atoms with Gasteiger partial charge in [-0.05, 0) is 76.0 Å². The molecule has 0 aliphatic heterocycles. The van der Waals surface area contributed by atoms with Crippen LogP contribution in [0.5, 0.6) is 5.88 Å². The average Bonchev–Trinajstić information content (AvgIpc) is 2.96. The highest BCUT2D eigenvalue weighted by molar-refractivity contribution is 5.86. The van der Waals surface area contributed by atoms with Gasteiger partial charge in [-0.25, -0.2) is 9.78 Å². The third kappa shape index (κ3) is 9.99. The van der Waals surface area contributed by atoms with Crippen molar-refractivity contribution in [2.45, 2.75) is 112 Å². The minimum atomic E-state index is -0.392. The van der Waals surface area contributed by atoms with Crippen LogP contribution in [0.25, 0.3) is 22.1 Å². The van der Waals surface area contributed by atoms with Crippen LogP contribution in [0.1, 0.15) is 110 Å². The predicted molar refractivity (Wildman–Crippen MR) is 171 cm³/mol. The lowest BCUT2D eigenvalue weighted by Crippen LogP contribution is -2.27. The number of hydrogen-bond donors (Lipinski definition) is 0. The van der Waals surface area contributed by atoms with Gasteiger partial charge in [-0.1, -0.05) is 83.1 Å². The van der Waals surface area contributed by atoms with E-state index in [-0.39, 0.29) is 11.6 Å². The van der Waals surface area contributed by atoms with Crippen LogP contribution in [0.3, 0.4) is 0 Å². The largest absolute Gasteiger partial charge is 0.477 e. The van der Waals surface area contributed by atoms with E-state index >= 15 is 0 Å². The first-order valence-electron chi connectivity index (χ1n) is 15.9. The maximum atomic E-state index is 12.8. The zero-order valence-corrected chi connectivity index (χ0v) is 26.7. The molecule has 0 atom stereocenters. The summed E-state index contributed by atoms with van der Waals surface area (Å²) in [5.74, 6) is 1.04. The molecule has 230 valence electrons. The molecule has 3 aromatic rings.